The third-order valence-corrected chi connectivity index (χ3v) is 10.5. The zero-order valence-electron chi connectivity index (χ0n) is 16.6. The smallest absolute Gasteiger partial charge is 0.349 e. The van der Waals surface area contributed by atoms with Crippen molar-refractivity contribution in [1.29, 1.82) is 0 Å². The first-order valence-electron chi connectivity index (χ1n) is 8.82. The Kier molecular flexibility index (Phi) is 7.75. The van der Waals surface area contributed by atoms with E-state index in [0.29, 0.717) is 0 Å². The van der Waals surface area contributed by atoms with Gasteiger partial charge in [-0.05, 0) is 0 Å². The Balaban J connectivity index is 2.43. The highest BCUT2D eigenvalue weighted by Gasteiger charge is 2.63. The standard InChI is InChI=1S/C14H16N2O14S4/c17-7-1-2-8(18)15(7)13(11(21)22,33(25,26)27)5-31-32-6-14(12(23)24,34(28,29)30)16-9(19)3-4-10(16)20/h1-6H2,(H,21,22)(H,23,24)(H,25,26,27)(H,28,29,30)/t13-,14+. The minimum Gasteiger partial charge on any atom is -0.479 e. The molecule has 0 aromatic rings. The first-order valence-corrected chi connectivity index (χ1v) is 14.2. The summed E-state index contributed by atoms with van der Waals surface area (Å²) in [6.07, 6.45) is -2.20. The van der Waals surface area contributed by atoms with Gasteiger partial charge in [-0.2, -0.15) is 16.8 Å². The summed E-state index contributed by atoms with van der Waals surface area (Å²) in [6.45, 7) is 0. The SMILES string of the molecule is O=C1CCC(=O)N1[C@](CSSC[C@@](C(=O)O)(N1C(=O)CCC1=O)S(=O)(=O)O)(C(=O)O)S(=O)(=O)O. The predicted molar refractivity (Wildman–Crippen MR) is 111 cm³/mol. The summed E-state index contributed by atoms with van der Waals surface area (Å²) in [5.41, 5.74) is 0. The number of hydrogen-bond acceptors (Lipinski definition) is 12. The van der Waals surface area contributed by atoms with Gasteiger partial charge in [0.05, 0.1) is 11.5 Å². The lowest BCUT2D eigenvalue weighted by Crippen LogP contribution is -2.64. The first-order chi connectivity index (χ1) is 15.4. The van der Waals surface area contributed by atoms with Gasteiger partial charge < -0.3 is 10.2 Å². The van der Waals surface area contributed by atoms with Crippen LogP contribution >= 0.6 is 21.6 Å². The van der Waals surface area contributed by atoms with Gasteiger partial charge in [-0.3, -0.25) is 28.3 Å². The van der Waals surface area contributed by atoms with Crippen LogP contribution in [0.4, 0.5) is 0 Å². The molecule has 0 radical (unpaired) electrons. The van der Waals surface area contributed by atoms with Gasteiger partial charge in [0.1, 0.15) is 0 Å². The summed E-state index contributed by atoms with van der Waals surface area (Å²) < 4.78 is 67.2. The zero-order chi connectivity index (χ0) is 26.3. The maximum absolute atomic E-state index is 12.0. The molecular formula is C14H16N2O14S4. The molecule has 0 aliphatic carbocycles. The van der Waals surface area contributed by atoms with Crippen molar-refractivity contribution in [3.63, 3.8) is 0 Å². The summed E-state index contributed by atoms with van der Waals surface area (Å²) in [5, 5.41) is 19.1. The molecule has 16 nitrogen and oxygen atoms in total. The predicted octanol–water partition coefficient (Wildman–Crippen LogP) is -2.00. The minimum absolute atomic E-state index is 0.0904. The zero-order valence-corrected chi connectivity index (χ0v) is 19.9. The number of carboxylic acid groups (broad SMARTS) is 2. The fourth-order valence-corrected chi connectivity index (χ4v) is 9.06. The second kappa shape index (κ2) is 9.41. The quantitative estimate of drug-likeness (QED) is 0.0915. The van der Waals surface area contributed by atoms with E-state index in [0.717, 1.165) is 0 Å². The topological polar surface area (TPSA) is 258 Å². The molecule has 190 valence electrons. The van der Waals surface area contributed by atoms with Crippen LogP contribution in [-0.4, -0.2) is 103 Å². The van der Waals surface area contributed by atoms with Crippen molar-refractivity contribution in [3.8, 4) is 0 Å². The van der Waals surface area contributed by atoms with Gasteiger partial charge >= 0.3 is 32.2 Å². The second-order valence-corrected chi connectivity index (χ2v) is 12.6. The number of carbonyl (C=O) groups is 6. The van der Waals surface area contributed by atoms with Gasteiger partial charge in [0.15, 0.2) is 0 Å². The summed E-state index contributed by atoms with van der Waals surface area (Å²) >= 11 is 0. The van der Waals surface area contributed by atoms with Crippen molar-refractivity contribution in [2.45, 2.75) is 35.4 Å². The molecule has 2 aliphatic rings. The molecule has 0 aromatic carbocycles. The highest BCUT2D eigenvalue weighted by atomic mass is 33.1. The van der Waals surface area contributed by atoms with Crippen LogP contribution in [0.5, 0.6) is 0 Å². The molecule has 34 heavy (non-hydrogen) atoms. The molecule has 0 unspecified atom stereocenters. The Hall–Kier alpha value is -2.26. The summed E-state index contributed by atoms with van der Waals surface area (Å²) in [5.74, 6) is -12.2. The Morgan fingerprint density at radius 3 is 1.09 bits per heavy atom. The number of rotatable bonds is 11. The minimum atomic E-state index is -5.72. The average molecular weight is 565 g/mol. The van der Waals surface area contributed by atoms with Crippen LogP contribution in [0.2, 0.25) is 0 Å². The van der Waals surface area contributed by atoms with Gasteiger partial charge in [-0.1, -0.05) is 21.6 Å². The molecule has 2 rings (SSSR count). The molecule has 4 amide bonds. The summed E-state index contributed by atoms with van der Waals surface area (Å²) in [4.78, 5) is 64.4. The molecule has 2 heterocycles. The van der Waals surface area contributed by atoms with Crippen molar-refractivity contribution in [3.05, 3.63) is 0 Å². The molecule has 0 saturated carbocycles. The second-order valence-electron chi connectivity index (χ2n) is 6.90. The van der Waals surface area contributed by atoms with Crippen molar-refractivity contribution >= 4 is 77.4 Å². The van der Waals surface area contributed by atoms with E-state index >= 15 is 0 Å². The molecule has 0 spiro atoms. The summed E-state index contributed by atoms with van der Waals surface area (Å²) in [6, 6.07) is 0. The monoisotopic (exact) mass is 564 g/mol. The Morgan fingerprint density at radius 1 is 0.676 bits per heavy atom. The maximum Gasteiger partial charge on any atom is 0.349 e. The van der Waals surface area contributed by atoms with Crippen LogP contribution in [0.15, 0.2) is 0 Å². The van der Waals surface area contributed by atoms with Gasteiger partial charge in [-0.25, -0.2) is 19.4 Å². The molecule has 0 bridgehead atoms. The molecule has 2 fully saturated rings. The van der Waals surface area contributed by atoms with E-state index in [4.69, 9.17) is 0 Å². The van der Waals surface area contributed by atoms with Crippen LogP contribution < -0.4 is 0 Å². The van der Waals surface area contributed by atoms with Gasteiger partial charge in [-0.15, -0.1) is 0 Å². The average Bonchev–Trinajstić information content (AvgIpc) is 3.18. The van der Waals surface area contributed by atoms with Gasteiger partial charge in [0.25, 0.3) is 9.74 Å². The molecule has 2 atom stereocenters. The number of hydrogen-bond donors (Lipinski definition) is 4. The normalized spacial score (nSPS) is 21.0. The van der Waals surface area contributed by atoms with E-state index in [2.05, 4.69) is 0 Å². The third kappa shape index (κ3) is 4.40. The number of aliphatic carboxylic acids is 2. The molecule has 4 N–H and O–H groups in total. The van der Waals surface area contributed by atoms with Crippen molar-refractivity contribution in [2.24, 2.45) is 0 Å². The van der Waals surface area contributed by atoms with Crippen molar-refractivity contribution < 1.29 is 64.9 Å². The fraction of sp³-hybridized carbons (Fsp3) is 0.571. The highest BCUT2D eigenvalue weighted by Crippen LogP contribution is 2.40. The number of likely N-dealkylation sites (tertiary alicyclic amines) is 2. The number of carboxylic acids is 2. The molecule has 2 saturated heterocycles. The van der Waals surface area contributed by atoms with Crippen LogP contribution in [-0.2, 0) is 49.0 Å². The number of imide groups is 2. The lowest BCUT2D eigenvalue weighted by atomic mass is 10.3. The van der Waals surface area contributed by atoms with E-state index in [-0.39, 0.29) is 31.4 Å². The largest absolute Gasteiger partial charge is 0.479 e. The molecule has 2 aliphatic heterocycles. The Bertz CT molecular complexity index is 1060. The van der Waals surface area contributed by atoms with Crippen molar-refractivity contribution in [1.82, 2.24) is 9.80 Å². The molecule has 20 heteroatoms. The van der Waals surface area contributed by atoms with Gasteiger partial charge in [0.2, 0.25) is 23.6 Å². The van der Waals surface area contributed by atoms with Crippen LogP contribution in [0.25, 0.3) is 0 Å². The lowest BCUT2D eigenvalue weighted by Gasteiger charge is -2.34. The molecular weight excluding hydrogens is 548 g/mol. The van der Waals surface area contributed by atoms with Crippen LogP contribution in [0.3, 0.4) is 0 Å². The van der Waals surface area contributed by atoms with Crippen LogP contribution in [0, 0.1) is 0 Å². The van der Waals surface area contributed by atoms with E-state index in [1.165, 1.54) is 0 Å². The fourth-order valence-electron chi connectivity index (χ4n) is 3.25. The van der Waals surface area contributed by atoms with E-state index in [1.807, 2.05) is 0 Å². The van der Waals surface area contributed by atoms with Crippen molar-refractivity contribution in [2.75, 3.05) is 11.5 Å². The molecule has 0 aromatic heterocycles. The lowest BCUT2D eigenvalue weighted by molar-refractivity contribution is -0.156. The number of carbonyl (C=O) groups excluding carboxylic acids is 4. The van der Waals surface area contributed by atoms with E-state index in [1.54, 1.807) is 0 Å². The van der Waals surface area contributed by atoms with Crippen LogP contribution in [0.1, 0.15) is 25.7 Å². The first kappa shape index (κ1) is 28.0. The van der Waals surface area contributed by atoms with E-state index < -0.39 is 103 Å². The number of nitrogens with zero attached hydrogens (tertiary/aromatic N) is 2. The third-order valence-electron chi connectivity index (χ3n) is 4.94. The Morgan fingerprint density at radius 2 is 0.912 bits per heavy atom. The van der Waals surface area contributed by atoms with E-state index in [9.17, 15) is 64.9 Å². The highest BCUT2D eigenvalue weighted by molar-refractivity contribution is 8.76. The summed E-state index contributed by atoms with van der Waals surface area (Å²) in [7, 11) is -11.3. The Labute approximate surface area is 198 Å². The number of amides is 4. The van der Waals surface area contributed by atoms with Gasteiger partial charge in [0, 0.05) is 25.7 Å². The maximum atomic E-state index is 12.0.